The molecule has 3 unspecified atom stereocenters. The summed E-state index contributed by atoms with van der Waals surface area (Å²) in [6, 6.07) is 0. The normalized spacial score (nSPS) is 14.5. The van der Waals surface area contributed by atoms with Gasteiger partial charge in [-0.25, -0.2) is 9.13 Å². The van der Waals surface area contributed by atoms with Gasteiger partial charge < -0.3 is 33.8 Å². The minimum absolute atomic E-state index is 0.106. The van der Waals surface area contributed by atoms with Gasteiger partial charge in [0.05, 0.1) is 26.4 Å². The number of carbonyl (C=O) groups excluding carboxylic acids is 4. The predicted molar refractivity (Wildman–Crippen MR) is 349 cm³/mol. The van der Waals surface area contributed by atoms with Crippen molar-refractivity contribution in [3.8, 4) is 0 Å². The number of carbonyl (C=O) groups is 4. The molecule has 0 spiro atoms. The van der Waals surface area contributed by atoms with Crippen LogP contribution in [0, 0.1) is 11.8 Å². The molecule has 0 aliphatic rings. The average Bonchev–Trinajstić information content (AvgIpc) is 3.65. The Hall–Kier alpha value is -1.94. The summed E-state index contributed by atoms with van der Waals surface area (Å²) in [5.41, 5.74) is 0. The first-order chi connectivity index (χ1) is 41.9. The molecule has 0 bridgehead atoms. The fourth-order valence-electron chi connectivity index (χ4n) is 10.2. The van der Waals surface area contributed by atoms with E-state index in [9.17, 15) is 43.2 Å². The van der Waals surface area contributed by atoms with Gasteiger partial charge in [0, 0.05) is 25.7 Å². The zero-order valence-corrected chi connectivity index (χ0v) is 58.1. The third-order valence-corrected chi connectivity index (χ3v) is 18.0. The van der Waals surface area contributed by atoms with Crippen molar-refractivity contribution in [1.29, 1.82) is 0 Å². The quantitative estimate of drug-likeness (QED) is 0.0222. The third-order valence-electron chi connectivity index (χ3n) is 16.1. The van der Waals surface area contributed by atoms with Crippen molar-refractivity contribution in [1.82, 2.24) is 0 Å². The van der Waals surface area contributed by atoms with E-state index in [2.05, 4.69) is 41.5 Å². The second-order valence-corrected chi connectivity index (χ2v) is 28.2. The molecule has 0 aromatic heterocycles. The molecule has 0 rings (SSSR count). The number of hydrogen-bond acceptors (Lipinski definition) is 15. The number of unbranched alkanes of at least 4 members (excludes halogenated alkanes) is 36. The van der Waals surface area contributed by atoms with Gasteiger partial charge >= 0.3 is 39.5 Å². The van der Waals surface area contributed by atoms with E-state index in [4.69, 9.17) is 37.0 Å². The summed E-state index contributed by atoms with van der Waals surface area (Å²) in [5, 5.41) is 10.6. The summed E-state index contributed by atoms with van der Waals surface area (Å²) < 4.78 is 68.2. The minimum atomic E-state index is -4.95. The Morgan fingerprint density at radius 1 is 0.333 bits per heavy atom. The van der Waals surface area contributed by atoms with E-state index in [0.29, 0.717) is 25.7 Å². The Morgan fingerprint density at radius 3 is 0.874 bits per heavy atom. The van der Waals surface area contributed by atoms with Gasteiger partial charge in [-0.05, 0) is 37.5 Å². The average molecular weight is 1280 g/mol. The highest BCUT2D eigenvalue weighted by atomic mass is 31.2. The van der Waals surface area contributed by atoms with Gasteiger partial charge in [0.2, 0.25) is 0 Å². The van der Waals surface area contributed by atoms with Crippen LogP contribution in [0.15, 0.2) is 0 Å². The number of phosphoric acid groups is 2. The Balaban J connectivity index is 5.25. The summed E-state index contributed by atoms with van der Waals surface area (Å²) in [6.07, 6.45) is 44.2. The molecule has 0 aliphatic carbocycles. The molecule has 3 N–H and O–H groups in total. The molecule has 19 heteroatoms. The van der Waals surface area contributed by atoms with Crippen molar-refractivity contribution in [2.75, 3.05) is 39.6 Å². The summed E-state index contributed by atoms with van der Waals surface area (Å²) in [7, 11) is -9.89. The standard InChI is InChI=1S/C68H132O17P2/c1-7-10-12-14-16-18-20-25-32-38-44-50-65(70)78-56-63(84-67(72)52-46-40-34-26-21-19-17-15-13-11-8-2)58-82-86(74,75)80-54-62(69)55-81-87(76,77)83-59-64(57-79-66(71)51-45-39-33-29-28-30-36-42-48-60(4)5)85-68(73)53-47-41-35-27-23-22-24-31-37-43-49-61(6)9-3/h60-64,69H,7-59H2,1-6H3,(H,74,75)(H,76,77)/t61?,62-,63+,64+/m0/s1. The topological polar surface area (TPSA) is 237 Å². The van der Waals surface area contributed by atoms with Crippen molar-refractivity contribution >= 4 is 39.5 Å². The molecule has 0 amide bonds. The molecule has 0 saturated carbocycles. The van der Waals surface area contributed by atoms with Crippen molar-refractivity contribution in [2.45, 2.75) is 362 Å². The van der Waals surface area contributed by atoms with Crippen LogP contribution in [0.4, 0.5) is 0 Å². The molecular weight excluding hydrogens is 1150 g/mol. The minimum Gasteiger partial charge on any atom is -0.462 e. The highest BCUT2D eigenvalue weighted by Crippen LogP contribution is 2.45. The van der Waals surface area contributed by atoms with E-state index in [1.165, 1.54) is 161 Å². The first-order valence-corrected chi connectivity index (χ1v) is 38.5. The van der Waals surface area contributed by atoms with Crippen LogP contribution in [0.3, 0.4) is 0 Å². The summed E-state index contributed by atoms with van der Waals surface area (Å²) >= 11 is 0. The molecule has 17 nitrogen and oxygen atoms in total. The van der Waals surface area contributed by atoms with Gasteiger partial charge in [0.1, 0.15) is 19.3 Å². The number of rotatable bonds is 67. The third kappa shape index (κ3) is 61.3. The van der Waals surface area contributed by atoms with Gasteiger partial charge in [-0.2, -0.15) is 0 Å². The second kappa shape index (κ2) is 60.3. The molecule has 6 atom stereocenters. The fourth-order valence-corrected chi connectivity index (χ4v) is 11.8. The maximum Gasteiger partial charge on any atom is 0.472 e. The summed E-state index contributed by atoms with van der Waals surface area (Å²) in [4.78, 5) is 72.4. The van der Waals surface area contributed by atoms with Crippen LogP contribution in [0.2, 0.25) is 0 Å². The van der Waals surface area contributed by atoms with Crippen LogP contribution in [0.1, 0.15) is 343 Å². The summed E-state index contributed by atoms with van der Waals surface area (Å²) in [5.74, 6) is -0.597. The van der Waals surface area contributed by atoms with Gasteiger partial charge in [-0.1, -0.05) is 292 Å². The molecule has 0 saturated heterocycles. The number of aliphatic hydroxyl groups excluding tert-OH is 1. The lowest BCUT2D eigenvalue weighted by Gasteiger charge is -2.21. The van der Waals surface area contributed by atoms with E-state index in [1.54, 1.807) is 0 Å². The van der Waals surface area contributed by atoms with Gasteiger partial charge in [0.15, 0.2) is 12.2 Å². The van der Waals surface area contributed by atoms with E-state index in [0.717, 1.165) is 102 Å². The summed E-state index contributed by atoms with van der Waals surface area (Å²) in [6.45, 7) is 9.52. The highest BCUT2D eigenvalue weighted by Gasteiger charge is 2.30. The predicted octanol–water partition coefficient (Wildman–Crippen LogP) is 19.2. The second-order valence-electron chi connectivity index (χ2n) is 25.3. The lowest BCUT2D eigenvalue weighted by atomic mass is 9.99. The van der Waals surface area contributed by atoms with Crippen molar-refractivity contribution < 1.29 is 80.2 Å². The Labute approximate surface area is 530 Å². The van der Waals surface area contributed by atoms with Crippen molar-refractivity contribution in [2.24, 2.45) is 11.8 Å². The van der Waals surface area contributed by atoms with Crippen LogP contribution in [-0.2, 0) is 65.4 Å². The molecule has 0 radical (unpaired) electrons. The van der Waals surface area contributed by atoms with E-state index in [-0.39, 0.29) is 25.7 Å². The molecule has 0 aliphatic heterocycles. The van der Waals surface area contributed by atoms with Gasteiger partial charge in [-0.3, -0.25) is 37.3 Å². The zero-order valence-electron chi connectivity index (χ0n) is 56.3. The Bertz CT molecular complexity index is 1700. The van der Waals surface area contributed by atoms with Gasteiger partial charge in [0.25, 0.3) is 0 Å². The van der Waals surface area contributed by atoms with E-state index < -0.39 is 97.5 Å². The molecule has 0 aromatic rings. The van der Waals surface area contributed by atoms with Crippen LogP contribution < -0.4 is 0 Å². The van der Waals surface area contributed by atoms with Crippen molar-refractivity contribution in [3.63, 3.8) is 0 Å². The van der Waals surface area contributed by atoms with Crippen LogP contribution >= 0.6 is 15.6 Å². The van der Waals surface area contributed by atoms with E-state index in [1.807, 2.05) is 0 Å². The van der Waals surface area contributed by atoms with E-state index >= 15 is 0 Å². The largest absolute Gasteiger partial charge is 0.472 e. The maximum absolute atomic E-state index is 13.0. The number of hydrogen-bond donors (Lipinski definition) is 3. The molecule has 87 heavy (non-hydrogen) atoms. The number of esters is 4. The lowest BCUT2D eigenvalue weighted by Crippen LogP contribution is -2.30. The molecular formula is C68H132O17P2. The van der Waals surface area contributed by atoms with Crippen LogP contribution in [-0.4, -0.2) is 96.7 Å². The number of phosphoric ester groups is 2. The molecule has 0 aromatic carbocycles. The fraction of sp³-hybridized carbons (Fsp3) is 0.941. The van der Waals surface area contributed by atoms with Crippen molar-refractivity contribution in [3.05, 3.63) is 0 Å². The first-order valence-electron chi connectivity index (χ1n) is 35.5. The zero-order chi connectivity index (χ0) is 64.3. The van der Waals surface area contributed by atoms with Crippen LogP contribution in [0.25, 0.3) is 0 Å². The maximum atomic E-state index is 13.0. The smallest absolute Gasteiger partial charge is 0.462 e. The Kier molecular flexibility index (Phi) is 59.0. The SMILES string of the molecule is CCCCCCCCCCCCCC(=O)OC[C@H](COP(=O)(O)OC[C@H](O)COP(=O)(O)OC[C@@H](COC(=O)CCCCCCCCCCC(C)C)OC(=O)CCCCCCCCCCCCC(C)CC)OC(=O)CCCCCCCCCCCCC. The number of aliphatic hydroxyl groups is 1. The molecule has 0 heterocycles. The highest BCUT2D eigenvalue weighted by molar-refractivity contribution is 7.47. The monoisotopic (exact) mass is 1280 g/mol. The lowest BCUT2D eigenvalue weighted by molar-refractivity contribution is -0.161. The van der Waals surface area contributed by atoms with Gasteiger partial charge in [-0.15, -0.1) is 0 Å². The Morgan fingerprint density at radius 2 is 0.586 bits per heavy atom. The molecule has 0 fully saturated rings. The first kappa shape index (κ1) is 85.1. The number of ether oxygens (including phenoxy) is 4. The van der Waals surface area contributed by atoms with Crippen LogP contribution in [0.5, 0.6) is 0 Å². The molecule has 516 valence electrons.